The fraction of sp³-hybridized carbons (Fsp3) is 0.308. The van der Waals surface area contributed by atoms with Gasteiger partial charge in [0.15, 0.2) is 0 Å². The number of nitrogens with one attached hydrogen (secondary N) is 1. The third kappa shape index (κ3) is 1.44. The van der Waals surface area contributed by atoms with Crippen LogP contribution in [-0.2, 0) is 5.54 Å². The van der Waals surface area contributed by atoms with E-state index in [9.17, 15) is 4.79 Å². The Bertz CT molecular complexity index is 792. The number of hydrogen-bond donors (Lipinski definition) is 1. The van der Waals surface area contributed by atoms with Crippen molar-refractivity contribution in [2.75, 3.05) is 0 Å². The molecule has 2 heterocycles. The lowest BCUT2D eigenvalue weighted by Gasteiger charge is -2.18. The van der Waals surface area contributed by atoms with Gasteiger partial charge in [0.2, 0.25) is 0 Å². The highest BCUT2D eigenvalue weighted by atomic mass is 16.1. The minimum Gasteiger partial charge on any atom is -0.349 e. The van der Waals surface area contributed by atoms with Crippen LogP contribution in [0.2, 0.25) is 0 Å². The summed E-state index contributed by atoms with van der Waals surface area (Å²) in [7, 11) is 0. The maximum Gasteiger partial charge on any atom is 0.294 e. The second-order valence-corrected chi connectivity index (χ2v) is 5.37. The predicted octanol–water partition coefficient (Wildman–Crippen LogP) is 2.03. The zero-order valence-electron chi connectivity index (χ0n) is 10.6. The molecule has 2 aromatic heterocycles. The Morgan fingerprint density at radius 2 is 1.94 bits per heavy atom. The minimum atomic E-state index is -0.379. The second-order valence-electron chi connectivity index (χ2n) is 5.37. The van der Waals surface area contributed by atoms with Crippen LogP contribution in [0.4, 0.5) is 0 Å². The quantitative estimate of drug-likeness (QED) is 0.656. The zero-order valence-corrected chi connectivity index (χ0v) is 10.6. The van der Waals surface area contributed by atoms with Crippen LogP contribution in [0.5, 0.6) is 0 Å². The Hall–Kier alpha value is -2.17. The summed E-state index contributed by atoms with van der Waals surface area (Å²) in [6.07, 6.45) is 0. The van der Waals surface area contributed by atoms with Crippen molar-refractivity contribution < 1.29 is 0 Å². The Labute approximate surface area is 103 Å². The molecule has 0 aliphatic carbocycles. The van der Waals surface area contributed by atoms with Crippen molar-refractivity contribution >= 4 is 21.9 Å². The number of hydrogen-bond acceptors (Lipinski definition) is 3. The summed E-state index contributed by atoms with van der Waals surface area (Å²) in [5.41, 5.74) is 1.54. The molecule has 0 bridgehead atoms. The molecule has 92 valence electrons. The summed E-state index contributed by atoms with van der Waals surface area (Å²) in [6.45, 7) is 5.78. The Morgan fingerprint density at radius 1 is 1.22 bits per heavy atom. The third-order valence-electron chi connectivity index (χ3n) is 2.95. The topological polar surface area (TPSA) is 63.6 Å². The van der Waals surface area contributed by atoms with Gasteiger partial charge in [0.1, 0.15) is 11.0 Å². The molecule has 1 N–H and O–H groups in total. The molecule has 0 unspecified atom stereocenters. The average molecular weight is 242 g/mol. The van der Waals surface area contributed by atoms with E-state index in [0.29, 0.717) is 11.0 Å². The lowest BCUT2D eigenvalue weighted by Crippen LogP contribution is -2.36. The summed E-state index contributed by atoms with van der Waals surface area (Å²) < 4.78 is 1.41. The van der Waals surface area contributed by atoms with E-state index in [1.54, 1.807) is 0 Å². The normalized spacial score (nSPS) is 12.4. The maximum absolute atomic E-state index is 12.4. The van der Waals surface area contributed by atoms with Crippen molar-refractivity contribution in [2.24, 2.45) is 0 Å². The SMILES string of the molecule is CC(C)(C)n1nnc2c([nH]c3ccccc32)c1=O. The molecule has 5 heteroatoms. The summed E-state index contributed by atoms with van der Waals surface area (Å²) in [6, 6.07) is 7.71. The van der Waals surface area contributed by atoms with Gasteiger partial charge in [0, 0.05) is 10.9 Å². The van der Waals surface area contributed by atoms with Gasteiger partial charge in [-0.25, -0.2) is 4.68 Å². The first kappa shape index (κ1) is 11.0. The van der Waals surface area contributed by atoms with Gasteiger partial charge in [0.05, 0.1) is 5.54 Å². The summed E-state index contributed by atoms with van der Waals surface area (Å²) >= 11 is 0. The number of benzene rings is 1. The van der Waals surface area contributed by atoms with Crippen LogP contribution in [-0.4, -0.2) is 20.0 Å². The molecule has 5 nitrogen and oxygen atoms in total. The molecule has 0 saturated heterocycles. The van der Waals surface area contributed by atoms with Gasteiger partial charge in [-0.2, -0.15) is 0 Å². The highest BCUT2D eigenvalue weighted by Crippen LogP contribution is 2.20. The lowest BCUT2D eigenvalue weighted by molar-refractivity contribution is 0.327. The molecule has 0 aliphatic rings. The van der Waals surface area contributed by atoms with E-state index < -0.39 is 0 Å². The molecule has 18 heavy (non-hydrogen) atoms. The first-order valence-electron chi connectivity index (χ1n) is 5.85. The van der Waals surface area contributed by atoms with E-state index in [-0.39, 0.29) is 11.1 Å². The number of nitrogens with zero attached hydrogens (tertiary/aromatic N) is 3. The summed E-state index contributed by atoms with van der Waals surface area (Å²) in [5, 5.41) is 9.14. The zero-order chi connectivity index (χ0) is 12.9. The highest BCUT2D eigenvalue weighted by Gasteiger charge is 2.19. The Kier molecular flexibility index (Phi) is 2.08. The van der Waals surface area contributed by atoms with Crippen LogP contribution < -0.4 is 5.56 Å². The molecular formula is C13H14N4O. The van der Waals surface area contributed by atoms with Crippen LogP contribution >= 0.6 is 0 Å². The van der Waals surface area contributed by atoms with Gasteiger partial charge >= 0.3 is 0 Å². The fourth-order valence-corrected chi connectivity index (χ4v) is 2.06. The molecule has 0 fully saturated rings. The molecular weight excluding hydrogens is 228 g/mol. The van der Waals surface area contributed by atoms with Gasteiger partial charge in [-0.3, -0.25) is 4.79 Å². The number of aromatic nitrogens is 4. The maximum atomic E-state index is 12.4. The minimum absolute atomic E-state index is 0.135. The van der Waals surface area contributed by atoms with Crippen molar-refractivity contribution in [2.45, 2.75) is 26.3 Å². The number of H-pyrrole nitrogens is 1. The van der Waals surface area contributed by atoms with Crippen molar-refractivity contribution in [3.63, 3.8) is 0 Å². The van der Waals surface area contributed by atoms with Crippen LogP contribution in [0.25, 0.3) is 21.9 Å². The molecule has 0 amide bonds. The van der Waals surface area contributed by atoms with Crippen molar-refractivity contribution in [1.29, 1.82) is 0 Å². The van der Waals surface area contributed by atoms with Crippen molar-refractivity contribution in [3.8, 4) is 0 Å². The summed E-state index contributed by atoms with van der Waals surface area (Å²) in [5.74, 6) is 0. The lowest BCUT2D eigenvalue weighted by atomic mass is 10.1. The Balaban J connectivity index is 2.47. The first-order chi connectivity index (χ1) is 8.48. The molecule has 0 atom stereocenters. The van der Waals surface area contributed by atoms with E-state index in [4.69, 9.17) is 0 Å². The second kappa shape index (κ2) is 3.41. The largest absolute Gasteiger partial charge is 0.349 e. The third-order valence-corrected chi connectivity index (χ3v) is 2.95. The summed E-state index contributed by atoms with van der Waals surface area (Å²) in [4.78, 5) is 15.5. The van der Waals surface area contributed by atoms with Gasteiger partial charge in [0.25, 0.3) is 5.56 Å². The van der Waals surface area contributed by atoms with E-state index >= 15 is 0 Å². The predicted molar refractivity (Wildman–Crippen MR) is 70.7 cm³/mol. The van der Waals surface area contributed by atoms with E-state index in [1.165, 1.54) is 4.68 Å². The molecule has 3 aromatic rings. The molecule has 0 radical (unpaired) electrons. The molecule has 1 aromatic carbocycles. The molecule has 0 spiro atoms. The molecule has 0 aliphatic heterocycles. The van der Waals surface area contributed by atoms with Gasteiger partial charge < -0.3 is 4.98 Å². The van der Waals surface area contributed by atoms with Crippen LogP contribution in [0.1, 0.15) is 20.8 Å². The standard InChI is InChI=1S/C13H14N4O/c1-13(2,3)17-12(18)11-10(15-16-17)8-6-4-5-7-9(8)14-11/h4-7,14H,1-3H3. The van der Waals surface area contributed by atoms with Gasteiger partial charge in [-0.15, -0.1) is 5.10 Å². The van der Waals surface area contributed by atoms with Crippen molar-refractivity contribution in [3.05, 3.63) is 34.6 Å². The van der Waals surface area contributed by atoms with E-state index in [1.807, 2.05) is 45.0 Å². The molecule has 0 saturated carbocycles. The number of fused-ring (bicyclic) bond motifs is 3. The Morgan fingerprint density at radius 3 is 2.67 bits per heavy atom. The van der Waals surface area contributed by atoms with E-state index in [0.717, 1.165) is 10.9 Å². The number of para-hydroxylation sites is 1. The fourth-order valence-electron chi connectivity index (χ4n) is 2.06. The van der Waals surface area contributed by atoms with Crippen LogP contribution in [0.3, 0.4) is 0 Å². The van der Waals surface area contributed by atoms with Crippen LogP contribution in [0.15, 0.2) is 29.1 Å². The van der Waals surface area contributed by atoms with Gasteiger partial charge in [-0.05, 0) is 26.8 Å². The van der Waals surface area contributed by atoms with Crippen molar-refractivity contribution in [1.82, 2.24) is 20.0 Å². The van der Waals surface area contributed by atoms with E-state index in [2.05, 4.69) is 15.3 Å². The number of rotatable bonds is 0. The molecule has 3 rings (SSSR count). The highest BCUT2D eigenvalue weighted by molar-refractivity contribution is 6.04. The first-order valence-corrected chi connectivity index (χ1v) is 5.85. The monoisotopic (exact) mass is 242 g/mol. The smallest absolute Gasteiger partial charge is 0.294 e. The van der Waals surface area contributed by atoms with Gasteiger partial charge in [-0.1, -0.05) is 23.4 Å². The number of aromatic amines is 1. The van der Waals surface area contributed by atoms with Crippen LogP contribution in [0, 0.1) is 0 Å². The average Bonchev–Trinajstić information content (AvgIpc) is 2.68.